The summed E-state index contributed by atoms with van der Waals surface area (Å²) in [5, 5.41) is 0. The molecule has 24 heavy (non-hydrogen) atoms. The summed E-state index contributed by atoms with van der Waals surface area (Å²) in [6, 6.07) is 10.2. The third-order valence-corrected chi connectivity index (χ3v) is 6.78. The average Bonchev–Trinajstić information content (AvgIpc) is 3.14. The van der Waals surface area contributed by atoms with Gasteiger partial charge < -0.3 is 0 Å². The van der Waals surface area contributed by atoms with E-state index >= 15 is 0 Å². The Balaban J connectivity index is 1.72. The summed E-state index contributed by atoms with van der Waals surface area (Å²) in [6.07, 6.45) is 1.47. The first kappa shape index (κ1) is 16.9. The van der Waals surface area contributed by atoms with Crippen molar-refractivity contribution < 1.29 is 13.2 Å². The van der Waals surface area contributed by atoms with Gasteiger partial charge in [0, 0.05) is 7.05 Å². The molecule has 0 aliphatic carbocycles. The van der Waals surface area contributed by atoms with Crippen LogP contribution in [0.15, 0.2) is 46.9 Å². The molecule has 0 saturated heterocycles. The fourth-order valence-corrected chi connectivity index (χ4v) is 4.92. The van der Waals surface area contributed by atoms with Crippen molar-refractivity contribution in [3.63, 3.8) is 0 Å². The summed E-state index contributed by atoms with van der Waals surface area (Å²) in [4.78, 5) is 16.3. The van der Waals surface area contributed by atoms with Crippen LogP contribution < -0.4 is 5.43 Å². The molecule has 0 radical (unpaired) electrons. The van der Waals surface area contributed by atoms with Gasteiger partial charge in [0.05, 0.1) is 21.9 Å². The number of carbonyl (C=O) groups is 1. The van der Waals surface area contributed by atoms with Crippen molar-refractivity contribution in [1.82, 2.24) is 14.0 Å². The Hall–Kier alpha value is -1.94. The first-order valence-corrected chi connectivity index (χ1v) is 9.45. The van der Waals surface area contributed by atoms with E-state index in [1.54, 1.807) is 6.07 Å². The molecular formula is C14H13ClN4O3S2. The molecule has 2 heterocycles. The number of likely N-dealkylation sites (N-methyl/N-ethyl adjacent to an activating group) is 1. The zero-order valence-electron chi connectivity index (χ0n) is 12.5. The van der Waals surface area contributed by atoms with E-state index in [9.17, 15) is 13.2 Å². The largest absolute Gasteiger partial charge is 0.272 e. The number of hydrogen-bond acceptors (Lipinski definition) is 5. The molecule has 3 aromatic rings. The van der Waals surface area contributed by atoms with Gasteiger partial charge in [-0.2, -0.15) is 4.31 Å². The monoisotopic (exact) mass is 384 g/mol. The highest BCUT2D eigenvalue weighted by atomic mass is 35.5. The van der Waals surface area contributed by atoms with Crippen LogP contribution in [-0.4, -0.2) is 41.9 Å². The van der Waals surface area contributed by atoms with Crippen LogP contribution in [0.2, 0.25) is 4.34 Å². The van der Waals surface area contributed by atoms with E-state index in [2.05, 4.69) is 10.4 Å². The first-order valence-electron chi connectivity index (χ1n) is 6.81. The molecule has 0 bridgehead atoms. The summed E-state index contributed by atoms with van der Waals surface area (Å²) in [6.45, 7) is -0.329. The van der Waals surface area contributed by atoms with Crippen LogP contribution in [0.1, 0.15) is 0 Å². The van der Waals surface area contributed by atoms with Crippen LogP contribution in [0.3, 0.4) is 0 Å². The maximum atomic E-state index is 12.4. The molecule has 126 valence electrons. The molecular weight excluding hydrogens is 372 g/mol. The minimum atomic E-state index is -3.75. The molecule has 0 aliphatic rings. The van der Waals surface area contributed by atoms with E-state index in [0.29, 0.717) is 4.34 Å². The minimum absolute atomic E-state index is 0.0934. The van der Waals surface area contributed by atoms with E-state index in [1.807, 2.05) is 18.2 Å². The Morgan fingerprint density at radius 1 is 1.33 bits per heavy atom. The van der Waals surface area contributed by atoms with Crippen molar-refractivity contribution in [1.29, 1.82) is 0 Å². The number of para-hydroxylation sites is 2. The maximum absolute atomic E-state index is 12.4. The highest BCUT2D eigenvalue weighted by molar-refractivity contribution is 7.91. The van der Waals surface area contributed by atoms with Crippen LogP contribution in [0.4, 0.5) is 0 Å². The smallest absolute Gasteiger partial charge is 0.254 e. The number of halogens is 1. The molecule has 10 heteroatoms. The Labute approximate surface area is 147 Å². The van der Waals surface area contributed by atoms with Gasteiger partial charge in [0.15, 0.2) is 0 Å². The number of rotatable bonds is 5. The van der Waals surface area contributed by atoms with Gasteiger partial charge in [-0.25, -0.2) is 18.1 Å². The van der Waals surface area contributed by atoms with Gasteiger partial charge in [-0.1, -0.05) is 23.7 Å². The quantitative estimate of drug-likeness (QED) is 0.730. The predicted octanol–water partition coefficient (Wildman–Crippen LogP) is 2.14. The fourth-order valence-electron chi connectivity index (χ4n) is 2.10. The average molecular weight is 385 g/mol. The lowest BCUT2D eigenvalue weighted by atomic mass is 10.3. The summed E-state index contributed by atoms with van der Waals surface area (Å²) in [7, 11) is -2.41. The number of hydrogen-bond donors (Lipinski definition) is 1. The fraction of sp³-hybridized carbons (Fsp3) is 0.143. The Bertz CT molecular complexity index is 996. The predicted molar refractivity (Wildman–Crippen MR) is 93.2 cm³/mol. The van der Waals surface area contributed by atoms with Crippen LogP contribution in [-0.2, 0) is 14.8 Å². The van der Waals surface area contributed by atoms with Gasteiger partial charge in [-0.3, -0.25) is 10.2 Å². The van der Waals surface area contributed by atoms with Crippen molar-refractivity contribution >= 4 is 49.9 Å². The molecule has 3 rings (SSSR count). The first-order chi connectivity index (χ1) is 11.4. The molecule has 1 amide bonds. The number of fused-ring (bicyclic) bond motifs is 1. The number of carbonyl (C=O) groups excluding carboxylic acids is 1. The lowest BCUT2D eigenvalue weighted by molar-refractivity contribution is -0.117. The van der Waals surface area contributed by atoms with E-state index in [-0.39, 0.29) is 10.8 Å². The minimum Gasteiger partial charge on any atom is -0.272 e. The number of aromatic nitrogens is 2. The molecule has 7 nitrogen and oxygen atoms in total. The van der Waals surface area contributed by atoms with Gasteiger partial charge in [0.2, 0.25) is 0 Å². The van der Waals surface area contributed by atoms with Crippen molar-refractivity contribution in [2.75, 3.05) is 19.0 Å². The highest BCUT2D eigenvalue weighted by Crippen LogP contribution is 2.27. The third-order valence-electron chi connectivity index (χ3n) is 3.28. The van der Waals surface area contributed by atoms with Crippen LogP contribution >= 0.6 is 22.9 Å². The molecule has 2 aromatic heterocycles. The number of amides is 1. The lowest BCUT2D eigenvalue weighted by Crippen LogP contribution is -2.37. The second kappa shape index (κ2) is 6.52. The second-order valence-electron chi connectivity index (χ2n) is 4.96. The number of benzene rings is 1. The van der Waals surface area contributed by atoms with Gasteiger partial charge in [-0.15, -0.1) is 11.3 Å². The molecule has 1 N–H and O–H groups in total. The van der Waals surface area contributed by atoms with Crippen molar-refractivity contribution in [3.05, 3.63) is 47.1 Å². The molecule has 0 atom stereocenters. The zero-order chi connectivity index (χ0) is 17.3. The summed E-state index contributed by atoms with van der Waals surface area (Å²) < 4.78 is 27.6. The lowest BCUT2D eigenvalue weighted by Gasteiger charge is -2.16. The molecule has 0 saturated carbocycles. The molecule has 1 aromatic carbocycles. The Morgan fingerprint density at radius 3 is 2.79 bits per heavy atom. The number of sulfonamides is 1. The van der Waals surface area contributed by atoms with Crippen molar-refractivity contribution in [3.8, 4) is 0 Å². The van der Waals surface area contributed by atoms with E-state index < -0.39 is 15.9 Å². The van der Waals surface area contributed by atoms with Gasteiger partial charge >= 0.3 is 0 Å². The summed E-state index contributed by atoms with van der Waals surface area (Å²) in [5.74, 6) is -0.480. The zero-order valence-corrected chi connectivity index (χ0v) is 14.9. The number of nitrogens with one attached hydrogen (secondary N) is 1. The topological polar surface area (TPSA) is 84.3 Å². The number of thiophene rings is 1. The summed E-state index contributed by atoms with van der Waals surface area (Å²) >= 11 is 6.72. The third kappa shape index (κ3) is 3.29. The van der Waals surface area contributed by atoms with Gasteiger partial charge in [0.1, 0.15) is 10.5 Å². The standard InChI is InChI=1S/C14H13ClN4O3S2/c1-18(24(21,22)14-7-6-12(15)23-14)8-13(20)17-19-9-16-10-4-2-3-5-11(10)19/h2-7,9H,8H2,1H3,(H,17,20). The molecule has 0 aliphatic heterocycles. The van der Waals surface area contributed by atoms with Crippen LogP contribution in [0.5, 0.6) is 0 Å². The van der Waals surface area contributed by atoms with E-state index in [4.69, 9.17) is 11.6 Å². The highest BCUT2D eigenvalue weighted by Gasteiger charge is 2.24. The van der Waals surface area contributed by atoms with Crippen LogP contribution in [0.25, 0.3) is 11.0 Å². The second-order valence-corrected chi connectivity index (χ2v) is 8.94. The maximum Gasteiger partial charge on any atom is 0.254 e. The van der Waals surface area contributed by atoms with Crippen LogP contribution in [0, 0.1) is 0 Å². The van der Waals surface area contributed by atoms with E-state index in [0.717, 1.165) is 26.7 Å². The van der Waals surface area contributed by atoms with E-state index in [1.165, 1.54) is 30.2 Å². The van der Waals surface area contributed by atoms with Crippen molar-refractivity contribution in [2.24, 2.45) is 0 Å². The van der Waals surface area contributed by atoms with Crippen molar-refractivity contribution in [2.45, 2.75) is 4.21 Å². The SMILES string of the molecule is CN(CC(=O)Nn1cnc2ccccc21)S(=O)(=O)c1ccc(Cl)s1. The van der Waals surface area contributed by atoms with Gasteiger partial charge in [0.25, 0.3) is 15.9 Å². The normalized spacial score (nSPS) is 12.0. The molecule has 0 spiro atoms. The number of imidazole rings is 1. The number of nitrogens with zero attached hydrogens (tertiary/aromatic N) is 3. The van der Waals surface area contributed by atoms with Gasteiger partial charge in [-0.05, 0) is 24.3 Å². The molecule has 0 unspecified atom stereocenters. The Morgan fingerprint density at radius 2 is 2.08 bits per heavy atom. The summed E-state index contributed by atoms with van der Waals surface area (Å²) in [5.41, 5.74) is 4.06. The Kier molecular flexibility index (Phi) is 4.59. The molecule has 0 fully saturated rings.